The molecule has 1 aliphatic heterocycles. The number of aromatic amines is 1. The van der Waals surface area contributed by atoms with Crippen LogP contribution in [0.2, 0.25) is 0 Å². The number of H-pyrrole nitrogens is 1. The maximum absolute atomic E-state index is 15.1. The van der Waals surface area contributed by atoms with Gasteiger partial charge in [-0.25, -0.2) is 4.79 Å². The number of halogens is 2. The molecular weight excluding hydrogens is 432 g/mol. The van der Waals surface area contributed by atoms with Crippen molar-refractivity contribution in [3.05, 3.63) is 52.8 Å². The first-order valence-electron chi connectivity index (χ1n) is 11.2. The fraction of sp³-hybridized carbons (Fsp3) is 0.583. The van der Waals surface area contributed by atoms with Gasteiger partial charge in [0.15, 0.2) is 0 Å². The van der Waals surface area contributed by atoms with E-state index in [0.717, 1.165) is 5.56 Å². The first-order chi connectivity index (χ1) is 15.5. The summed E-state index contributed by atoms with van der Waals surface area (Å²) in [7, 11) is 0. The van der Waals surface area contributed by atoms with Crippen molar-refractivity contribution in [2.45, 2.75) is 83.8 Å². The highest BCUT2D eigenvalue weighted by Gasteiger charge is 2.46. The second-order valence-electron chi connectivity index (χ2n) is 9.50. The molecule has 7 nitrogen and oxygen atoms in total. The molecule has 0 bridgehead atoms. The van der Waals surface area contributed by atoms with Crippen LogP contribution in [0.3, 0.4) is 0 Å². The van der Waals surface area contributed by atoms with Gasteiger partial charge in [-0.05, 0) is 46.1 Å². The molecular formula is C24H33F2N3O4. The first-order valence-corrected chi connectivity index (χ1v) is 11.2. The molecule has 2 heterocycles. The van der Waals surface area contributed by atoms with Crippen molar-refractivity contribution in [2.24, 2.45) is 0 Å². The molecule has 0 aliphatic carbocycles. The van der Waals surface area contributed by atoms with Crippen molar-refractivity contribution in [3.63, 3.8) is 0 Å². The van der Waals surface area contributed by atoms with Crippen LogP contribution in [0.5, 0.6) is 0 Å². The number of aromatic nitrogens is 2. The van der Waals surface area contributed by atoms with E-state index in [-0.39, 0.29) is 37.6 Å². The van der Waals surface area contributed by atoms with E-state index in [9.17, 15) is 9.90 Å². The summed E-state index contributed by atoms with van der Waals surface area (Å²) >= 11 is 0. The first kappa shape index (κ1) is 25.1. The quantitative estimate of drug-likeness (QED) is 0.559. The molecule has 2 N–H and O–H groups in total. The maximum atomic E-state index is 15.1. The average molecular weight is 466 g/mol. The number of ether oxygens (including phenoxy) is 2. The number of hydrogen-bond acceptors (Lipinski definition) is 5. The summed E-state index contributed by atoms with van der Waals surface area (Å²) in [5.74, 6) is -3.54. The Labute approximate surface area is 193 Å². The summed E-state index contributed by atoms with van der Waals surface area (Å²) in [5.41, 5.74) is 0.574. The van der Waals surface area contributed by atoms with Crippen molar-refractivity contribution in [2.75, 3.05) is 6.61 Å². The van der Waals surface area contributed by atoms with Gasteiger partial charge in [-0.2, -0.15) is 13.9 Å². The standard InChI is InChI=1S/C24H33F2N3O4/c1-16-13-19-18(14-29(16)22(31)33-23(2,3)4)21(28-27-19)24(25,26)20(30)11-8-12-32-15-17-9-6-5-7-10-17/h5-7,9-10,16,20,30H,8,11-15H2,1-4H3,(H,27,28)/t16-,20?/m1/s1. The van der Waals surface area contributed by atoms with Crippen LogP contribution in [0, 0.1) is 0 Å². The van der Waals surface area contributed by atoms with E-state index in [2.05, 4.69) is 10.2 Å². The van der Waals surface area contributed by atoms with Crippen molar-refractivity contribution in [1.29, 1.82) is 0 Å². The summed E-state index contributed by atoms with van der Waals surface area (Å²) in [4.78, 5) is 14.0. The van der Waals surface area contributed by atoms with Crippen LogP contribution in [0.25, 0.3) is 0 Å². The van der Waals surface area contributed by atoms with Gasteiger partial charge in [0, 0.05) is 24.6 Å². The number of amides is 1. The molecule has 9 heteroatoms. The van der Waals surface area contributed by atoms with E-state index in [1.165, 1.54) is 4.90 Å². The van der Waals surface area contributed by atoms with E-state index in [1.54, 1.807) is 20.8 Å². The van der Waals surface area contributed by atoms with Crippen LogP contribution in [0.4, 0.5) is 13.6 Å². The lowest BCUT2D eigenvalue weighted by molar-refractivity contribution is -0.123. The third-order valence-electron chi connectivity index (χ3n) is 5.56. The van der Waals surface area contributed by atoms with Gasteiger partial charge in [0.2, 0.25) is 0 Å². The Hall–Kier alpha value is -2.52. The van der Waals surface area contributed by atoms with Crippen molar-refractivity contribution < 1.29 is 28.2 Å². The Morgan fingerprint density at radius 3 is 2.67 bits per heavy atom. The van der Waals surface area contributed by atoms with Crippen LogP contribution in [0.1, 0.15) is 63.1 Å². The van der Waals surface area contributed by atoms with E-state index < -0.39 is 29.4 Å². The Morgan fingerprint density at radius 2 is 2.00 bits per heavy atom. The van der Waals surface area contributed by atoms with Crippen LogP contribution < -0.4 is 0 Å². The highest BCUT2D eigenvalue weighted by Crippen LogP contribution is 2.38. The molecule has 1 unspecified atom stereocenters. The van der Waals surface area contributed by atoms with Crippen molar-refractivity contribution in [1.82, 2.24) is 15.1 Å². The minimum absolute atomic E-state index is 0.0558. The highest BCUT2D eigenvalue weighted by atomic mass is 19.3. The summed E-state index contributed by atoms with van der Waals surface area (Å²) in [6.07, 6.45) is -2.00. The normalized spacial score (nSPS) is 17.5. The number of fused-ring (bicyclic) bond motifs is 1. The molecule has 1 aromatic carbocycles. The highest BCUT2D eigenvalue weighted by molar-refractivity contribution is 5.69. The van der Waals surface area contributed by atoms with Crippen LogP contribution in [-0.2, 0) is 35.0 Å². The van der Waals surface area contributed by atoms with Crippen LogP contribution in [0.15, 0.2) is 30.3 Å². The van der Waals surface area contributed by atoms with E-state index in [1.807, 2.05) is 37.3 Å². The predicted molar refractivity (Wildman–Crippen MR) is 119 cm³/mol. The van der Waals surface area contributed by atoms with Gasteiger partial charge in [-0.15, -0.1) is 0 Å². The fourth-order valence-corrected chi connectivity index (χ4v) is 3.79. The third-order valence-corrected chi connectivity index (χ3v) is 5.56. The summed E-state index contributed by atoms with van der Waals surface area (Å²) in [5, 5.41) is 16.8. The molecule has 182 valence electrons. The Balaban J connectivity index is 1.60. The van der Waals surface area contributed by atoms with Gasteiger partial charge >= 0.3 is 12.0 Å². The smallest absolute Gasteiger partial charge is 0.410 e. The second kappa shape index (κ2) is 10.2. The zero-order chi connectivity index (χ0) is 24.2. The second-order valence-corrected chi connectivity index (χ2v) is 9.50. The SMILES string of the molecule is C[C@@H]1Cc2n[nH]c(C(F)(F)C(O)CCCOCc3ccccc3)c2CN1C(=O)OC(C)(C)C. The number of nitrogens with one attached hydrogen (secondary N) is 1. The van der Waals surface area contributed by atoms with Gasteiger partial charge in [0.05, 0.1) is 18.8 Å². The molecule has 33 heavy (non-hydrogen) atoms. The number of hydrogen-bond donors (Lipinski definition) is 2. The van der Waals surface area contributed by atoms with Gasteiger partial charge in [-0.3, -0.25) is 5.10 Å². The predicted octanol–water partition coefficient (Wildman–Crippen LogP) is 4.54. The molecule has 1 aromatic heterocycles. The van der Waals surface area contributed by atoms with Gasteiger partial charge in [-0.1, -0.05) is 30.3 Å². The Bertz CT molecular complexity index is 928. The number of carbonyl (C=O) groups is 1. The molecule has 1 amide bonds. The topological polar surface area (TPSA) is 87.7 Å². The zero-order valence-electron chi connectivity index (χ0n) is 19.6. The lowest BCUT2D eigenvalue weighted by Crippen LogP contribution is -2.45. The molecule has 2 atom stereocenters. The monoisotopic (exact) mass is 465 g/mol. The molecule has 0 spiro atoms. The molecule has 0 fully saturated rings. The number of carbonyl (C=O) groups excluding carboxylic acids is 1. The largest absolute Gasteiger partial charge is 0.444 e. The van der Waals surface area contributed by atoms with Crippen LogP contribution >= 0.6 is 0 Å². The number of aliphatic hydroxyl groups is 1. The van der Waals surface area contributed by atoms with Crippen LogP contribution in [-0.4, -0.2) is 50.7 Å². The van der Waals surface area contributed by atoms with Crippen molar-refractivity contribution >= 4 is 6.09 Å². The summed E-state index contributed by atoms with van der Waals surface area (Å²) < 4.78 is 41.2. The number of benzene rings is 1. The minimum Gasteiger partial charge on any atom is -0.444 e. The maximum Gasteiger partial charge on any atom is 0.410 e. The fourth-order valence-electron chi connectivity index (χ4n) is 3.79. The Morgan fingerprint density at radius 1 is 1.30 bits per heavy atom. The van der Waals surface area contributed by atoms with Crippen molar-refractivity contribution in [3.8, 4) is 0 Å². The molecule has 3 rings (SSSR count). The summed E-state index contributed by atoms with van der Waals surface area (Å²) in [6, 6.07) is 9.31. The van der Waals surface area contributed by atoms with E-state index >= 15 is 8.78 Å². The van der Waals surface area contributed by atoms with Gasteiger partial charge < -0.3 is 19.5 Å². The third kappa shape index (κ3) is 6.29. The molecule has 0 radical (unpaired) electrons. The summed E-state index contributed by atoms with van der Waals surface area (Å²) in [6.45, 7) is 7.67. The average Bonchev–Trinajstić information content (AvgIpc) is 3.15. The number of aliphatic hydroxyl groups excluding tert-OH is 1. The van der Waals surface area contributed by atoms with E-state index in [4.69, 9.17) is 9.47 Å². The number of nitrogens with zero attached hydrogens (tertiary/aromatic N) is 2. The molecule has 0 saturated carbocycles. The zero-order valence-corrected chi connectivity index (χ0v) is 19.6. The lowest BCUT2D eigenvalue weighted by Gasteiger charge is -2.35. The number of rotatable bonds is 8. The number of alkyl halides is 2. The van der Waals surface area contributed by atoms with Gasteiger partial charge in [0.1, 0.15) is 17.4 Å². The molecule has 2 aromatic rings. The van der Waals surface area contributed by atoms with Gasteiger partial charge in [0.25, 0.3) is 0 Å². The van der Waals surface area contributed by atoms with E-state index in [0.29, 0.717) is 18.7 Å². The Kier molecular flexibility index (Phi) is 7.74. The molecule has 0 saturated heterocycles. The lowest BCUT2D eigenvalue weighted by atomic mass is 9.95. The minimum atomic E-state index is -3.54. The molecule has 1 aliphatic rings.